The summed E-state index contributed by atoms with van der Waals surface area (Å²) in [5.41, 5.74) is 0.0909. The number of nitrogens with zero attached hydrogens (tertiary/aromatic N) is 1. The Balaban J connectivity index is 2.44. The highest BCUT2D eigenvalue weighted by Gasteiger charge is 2.58. The summed E-state index contributed by atoms with van der Waals surface area (Å²) in [5, 5.41) is 19.3. The maximum absolute atomic E-state index is 10.1. The van der Waals surface area contributed by atoms with Crippen LogP contribution in [-0.2, 0) is 0 Å². The van der Waals surface area contributed by atoms with Crippen molar-refractivity contribution in [3.63, 3.8) is 0 Å². The first-order valence-electron chi connectivity index (χ1n) is 4.83. The molecule has 13 heavy (non-hydrogen) atoms. The van der Waals surface area contributed by atoms with Crippen LogP contribution in [0.25, 0.3) is 0 Å². The maximum Gasteiger partial charge on any atom is 0.0700 e. The monoisotopic (exact) mass is 177 g/mol. The zero-order chi connectivity index (χ0) is 9.69. The van der Waals surface area contributed by atoms with Gasteiger partial charge in [-0.25, -0.2) is 0 Å². The molecule has 2 saturated carbocycles. The molecule has 0 saturated heterocycles. The lowest BCUT2D eigenvalue weighted by molar-refractivity contribution is 0.0241. The van der Waals surface area contributed by atoms with Crippen molar-refractivity contribution < 1.29 is 5.11 Å². The Bertz CT molecular complexity index is 300. The van der Waals surface area contributed by atoms with E-state index in [0.29, 0.717) is 0 Å². The molecule has 0 radical (unpaired) electrons. The molecule has 2 nitrogen and oxygen atoms in total. The van der Waals surface area contributed by atoms with E-state index in [9.17, 15) is 10.4 Å². The van der Waals surface area contributed by atoms with Crippen molar-refractivity contribution >= 4 is 0 Å². The van der Waals surface area contributed by atoms with Crippen LogP contribution in [0.4, 0.5) is 0 Å². The smallest absolute Gasteiger partial charge is 0.0700 e. The van der Waals surface area contributed by atoms with E-state index in [2.05, 4.69) is 12.6 Å². The van der Waals surface area contributed by atoms with Crippen molar-refractivity contribution in [2.75, 3.05) is 0 Å². The predicted molar refractivity (Wildman–Crippen MR) is 49.8 cm³/mol. The summed E-state index contributed by atoms with van der Waals surface area (Å²) in [7, 11) is 0. The van der Waals surface area contributed by atoms with Crippen LogP contribution in [0.15, 0.2) is 12.2 Å². The molecular weight excluding hydrogens is 162 g/mol. The van der Waals surface area contributed by atoms with Gasteiger partial charge in [0.05, 0.1) is 17.1 Å². The second-order valence-electron chi connectivity index (χ2n) is 4.72. The zero-order valence-electron chi connectivity index (χ0n) is 8.01. The van der Waals surface area contributed by atoms with Gasteiger partial charge in [0.1, 0.15) is 0 Å². The number of hydrogen-bond acceptors (Lipinski definition) is 2. The average molecular weight is 177 g/mol. The number of aliphatic hydroxyl groups is 1. The molecule has 0 aliphatic heterocycles. The minimum absolute atomic E-state index is 0.0185. The van der Waals surface area contributed by atoms with Crippen molar-refractivity contribution in [1.29, 1.82) is 5.26 Å². The van der Waals surface area contributed by atoms with Crippen molar-refractivity contribution in [3.05, 3.63) is 12.2 Å². The summed E-state index contributed by atoms with van der Waals surface area (Å²) in [6, 6.07) is 2.40. The number of rotatable bonds is 0. The molecule has 2 aliphatic rings. The molecule has 2 aliphatic carbocycles. The molecule has 0 aromatic heterocycles. The van der Waals surface area contributed by atoms with Crippen LogP contribution < -0.4 is 0 Å². The summed E-state index contributed by atoms with van der Waals surface area (Å²) < 4.78 is 0. The van der Waals surface area contributed by atoms with E-state index >= 15 is 0 Å². The van der Waals surface area contributed by atoms with Crippen LogP contribution >= 0.6 is 0 Å². The molecule has 0 unspecified atom stereocenters. The van der Waals surface area contributed by atoms with Gasteiger partial charge in [0.25, 0.3) is 0 Å². The highest BCUT2D eigenvalue weighted by atomic mass is 16.3. The Kier molecular flexibility index (Phi) is 1.59. The maximum atomic E-state index is 10.1. The van der Waals surface area contributed by atoms with Gasteiger partial charge < -0.3 is 5.11 Å². The molecule has 0 spiro atoms. The number of hydrogen-bond donors (Lipinski definition) is 1. The van der Waals surface area contributed by atoms with Crippen molar-refractivity contribution in [1.82, 2.24) is 0 Å². The highest BCUT2D eigenvalue weighted by Crippen LogP contribution is 2.59. The highest BCUT2D eigenvalue weighted by molar-refractivity contribution is 5.29. The third kappa shape index (κ3) is 0.971. The Labute approximate surface area is 78.9 Å². The van der Waals surface area contributed by atoms with Crippen LogP contribution in [0.5, 0.6) is 0 Å². The fourth-order valence-electron chi connectivity index (χ4n) is 3.16. The molecule has 2 fully saturated rings. The van der Waals surface area contributed by atoms with Crippen LogP contribution in [0.2, 0.25) is 0 Å². The summed E-state index contributed by atoms with van der Waals surface area (Å²) in [6.07, 6.45) is 3.38. The summed E-state index contributed by atoms with van der Waals surface area (Å²) >= 11 is 0. The summed E-state index contributed by atoms with van der Waals surface area (Å²) in [4.78, 5) is 0. The number of fused-ring (bicyclic) bond motifs is 1. The lowest BCUT2D eigenvalue weighted by Crippen LogP contribution is -2.34. The van der Waals surface area contributed by atoms with Gasteiger partial charge >= 0.3 is 0 Å². The predicted octanol–water partition coefficient (Wildman–Crippen LogP) is 2.01. The first kappa shape index (κ1) is 8.77. The molecular formula is C11H15NO. The molecule has 2 heteroatoms. The van der Waals surface area contributed by atoms with Gasteiger partial charge in [-0.15, -0.1) is 0 Å². The molecule has 2 rings (SSSR count). The molecule has 0 aromatic rings. The van der Waals surface area contributed by atoms with E-state index in [0.717, 1.165) is 31.3 Å². The number of nitriles is 1. The van der Waals surface area contributed by atoms with Gasteiger partial charge in [0, 0.05) is 5.92 Å². The summed E-state index contributed by atoms with van der Waals surface area (Å²) in [5.74, 6) is 0.0185. The second kappa shape index (κ2) is 2.36. The molecule has 0 bridgehead atoms. The van der Waals surface area contributed by atoms with E-state index in [-0.39, 0.29) is 11.3 Å². The first-order chi connectivity index (χ1) is 6.02. The quantitative estimate of drug-likeness (QED) is 0.575. The van der Waals surface area contributed by atoms with Crippen LogP contribution in [-0.4, -0.2) is 10.7 Å². The Morgan fingerprint density at radius 3 is 2.77 bits per heavy atom. The minimum atomic E-state index is -0.691. The Hall–Kier alpha value is -0.810. The SMILES string of the molecule is C=C1CC[C@@]2(C#N)CC[C@@](C)(O)[C@@H]12. The Morgan fingerprint density at radius 2 is 2.23 bits per heavy atom. The van der Waals surface area contributed by atoms with E-state index < -0.39 is 5.60 Å². The van der Waals surface area contributed by atoms with Crippen LogP contribution in [0, 0.1) is 22.7 Å². The molecule has 70 valence electrons. The van der Waals surface area contributed by atoms with Crippen molar-refractivity contribution in [2.24, 2.45) is 11.3 Å². The minimum Gasteiger partial charge on any atom is -0.389 e. The summed E-state index contributed by atoms with van der Waals surface area (Å²) in [6.45, 7) is 5.81. The first-order valence-corrected chi connectivity index (χ1v) is 4.83. The van der Waals surface area contributed by atoms with Crippen LogP contribution in [0.1, 0.15) is 32.6 Å². The average Bonchev–Trinajstić information content (AvgIpc) is 2.53. The van der Waals surface area contributed by atoms with E-state index in [1.165, 1.54) is 0 Å². The van der Waals surface area contributed by atoms with Gasteiger partial charge in [-0.1, -0.05) is 12.2 Å². The Morgan fingerprint density at radius 1 is 1.54 bits per heavy atom. The van der Waals surface area contributed by atoms with Gasteiger partial charge in [-0.05, 0) is 32.6 Å². The van der Waals surface area contributed by atoms with E-state index in [1.54, 1.807) is 0 Å². The molecule has 0 heterocycles. The topological polar surface area (TPSA) is 44.0 Å². The van der Waals surface area contributed by atoms with E-state index in [1.807, 2.05) is 6.92 Å². The van der Waals surface area contributed by atoms with Crippen molar-refractivity contribution in [3.8, 4) is 6.07 Å². The molecule has 3 atom stereocenters. The molecule has 0 amide bonds. The second-order valence-corrected chi connectivity index (χ2v) is 4.72. The van der Waals surface area contributed by atoms with E-state index in [4.69, 9.17) is 0 Å². The lowest BCUT2D eigenvalue weighted by Gasteiger charge is -2.29. The lowest BCUT2D eigenvalue weighted by atomic mass is 9.77. The fourth-order valence-corrected chi connectivity index (χ4v) is 3.16. The molecule has 1 N–H and O–H groups in total. The van der Waals surface area contributed by atoms with Gasteiger partial charge in [-0.3, -0.25) is 0 Å². The normalized spacial score (nSPS) is 49.0. The third-order valence-corrected chi connectivity index (χ3v) is 3.77. The van der Waals surface area contributed by atoms with Crippen molar-refractivity contribution in [2.45, 2.75) is 38.2 Å². The third-order valence-electron chi connectivity index (χ3n) is 3.77. The fraction of sp³-hybridized carbons (Fsp3) is 0.727. The van der Waals surface area contributed by atoms with Gasteiger partial charge in [0.2, 0.25) is 0 Å². The molecule has 0 aromatic carbocycles. The van der Waals surface area contributed by atoms with Gasteiger partial charge in [-0.2, -0.15) is 5.26 Å². The standard InChI is InChI=1S/C11H15NO/c1-8-3-4-11(7-12)6-5-10(2,13)9(8)11/h9,13H,1,3-6H2,2H3/t9-,10-,11+/m1/s1. The van der Waals surface area contributed by atoms with Gasteiger partial charge in [0.15, 0.2) is 0 Å². The van der Waals surface area contributed by atoms with Crippen LogP contribution in [0.3, 0.4) is 0 Å². The zero-order valence-corrected chi connectivity index (χ0v) is 8.01. The largest absolute Gasteiger partial charge is 0.389 e.